The molecule has 7 unspecified atom stereocenters. The number of nitrogens with one attached hydrogen (secondary N) is 1. The summed E-state index contributed by atoms with van der Waals surface area (Å²) in [7, 11) is 0. The molecule has 6 N–H and O–H groups in total. The summed E-state index contributed by atoms with van der Waals surface area (Å²) in [6, 6.07) is -0.830. The number of aliphatic hydroxyl groups is 5. The van der Waals surface area contributed by atoms with Crippen LogP contribution in [-0.2, 0) is 14.3 Å². The molecule has 1 aliphatic heterocycles. The Kier molecular flexibility index (Phi) is 61.5. The molecule has 7 atom stereocenters. The van der Waals surface area contributed by atoms with Gasteiger partial charge in [0.15, 0.2) is 6.29 Å². The Morgan fingerprint density at radius 3 is 1.10 bits per heavy atom. The van der Waals surface area contributed by atoms with Crippen LogP contribution < -0.4 is 5.32 Å². The molecule has 0 bridgehead atoms. The van der Waals surface area contributed by atoms with Crippen molar-refractivity contribution in [2.75, 3.05) is 13.2 Å². The van der Waals surface area contributed by atoms with E-state index >= 15 is 0 Å². The smallest absolute Gasteiger partial charge is 0.220 e. The van der Waals surface area contributed by atoms with Gasteiger partial charge in [0.25, 0.3) is 0 Å². The van der Waals surface area contributed by atoms with Crippen molar-refractivity contribution >= 4 is 5.91 Å². The van der Waals surface area contributed by atoms with Gasteiger partial charge in [-0.1, -0.05) is 328 Å². The molecular weight excluding hydrogens is 1080 g/mol. The average Bonchev–Trinajstić information content (AvgIpc) is 3.38. The highest BCUT2D eigenvalue weighted by molar-refractivity contribution is 5.76. The average molecular weight is 1210 g/mol. The van der Waals surface area contributed by atoms with E-state index in [1.54, 1.807) is 6.08 Å². The van der Waals surface area contributed by atoms with Crippen LogP contribution in [0.1, 0.15) is 309 Å². The predicted octanol–water partition coefficient (Wildman–Crippen LogP) is 20.2. The van der Waals surface area contributed by atoms with Crippen LogP contribution >= 0.6 is 0 Å². The summed E-state index contributed by atoms with van der Waals surface area (Å²) in [5.74, 6) is -0.188. The second-order valence-corrected chi connectivity index (χ2v) is 24.6. The summed E-state index contributed by atoms with van der Waals surface area (Å²) < 4.78 is 11.3. The Bertz CT molecular complexity index is 1790. The first-order valence-corrected chi connectivity index (χ1v) is 36.3. The largest absolute Gasteiger partial charge is 0.394 e. The quantitative estimate of drug-likeness (QED) is 0.0261. The molecule has 0 saturated carbocycles. The van der Waals surface area contributed by atoms with Crippen molar-refractivity contribution in [1.29, 1.82) is 0 Å². The molecule has 1 heterocycles. The van der Waals surface area contributed by atoms with Crippen LogP contribution in [0.3, 0.4) is 0 Å². The van der Waals surface area contributed by atoms with Gasteiger partial charge in [0.2, 0.25) is 5.91 Å². The number of rotatable bonds is 62. The van der Waals surface area contributed by atoms with Gasteiger partial charge >= 0.3 is 0 Å². The zero-order valence-corrected chi connectivity index (χ0v) is 56.0. The number of hydrogen-bond donors (Lipinski definition) is 6. The summed E-state index contributed by atoms with van der Waals surface area (Å²) in [4.78, 5) is 13.1. The zero-order valence-electron chi connectivity index (χ0n) is 56.0. The first kappa shape index (κ1) is 81.6. The Morgan fingerprint density at radius 1 is 0.402 bits per heavy atom. The maximum absolute atomic E-state index is 13.1. The molecule has 0 aromatic carbocycles. The molecule has 1 rings (SSSR count). The van der Waals surface area contributed by atoms with E-state index in [0.29, 0.717) is 6.42 Å². The fraction of sp³-hybridized carbons (Fsp3) is 0.731. The molecule has 1 fully saturated rings. The number of hydrogen-bond acceptors (Lipinski definition) is 8. The van der Waals surface area contributed by atoms with Crippen LogP contribution in [0.15, 0.2) is 122 Å². The van der Waals surface area contributed by atoms with Crippen molar-refractivity contribution in [2.24, 2.45) is 0 Å². The number of aliphatic hydroxyl groups excluding tert-OH is 5. The second kappa shape index (κ2) is 65.5. The van der Waals surface area contributed by atoms with Crippen molar-refractivity contribution in [3.8, 4) is 0 Å². The van der Waals surface area contributed by atoms with Gasteiger partial charge in [-0.3, -0.25) is 4.79 Å². The molecule has 0 spiro atoms. The molecule has 1 saturated heterocycles. The van der Waals surface area contributed by atoms with Crippen LogP contribution in [0.5, 0.6) is 0 Å². The van der Waals surface area contributed by atoms with Crippen LogP contribution in [0.25, 0.3) is 0 Å². The lowest BCUT2D eigenvalue weighted by Crippen LogP contribution is -2.60. The van der Waals surface area contributed by atoms with E-state index in [1.807, 2.05) is 6.08 Å². The maximum Gasteiger partial charge on any atom is 0.220 e. The van der Waals surface area contributed by atoms with Crippen LogP contribution in [0.4, 0.5) is 0 Å². The first-order chi connectivity index (χ1) is 42.8. The van der Waals surface area contributed by atoms with Crippen molar-refractivity contribution in [1.82, 2.24) is 5.32 Å². The van der Waals surface area contributed by atoms with Crippen LogP contribution in [0, 0.1) is 0 Å². The zero-order chi connectivity index (χ0) is 62.8. The number of allylic oxidation sites excluding steroid dienone is 19. The Labute approximate surface area is 535 Å². The van der Waals surface area contributed by atoms with Gasteiger partial charge < -0.3 is 40.3 Å². The lowest BCUT2D eigenvalue weighted by molar-refractivity contribution is -0.302. The Morgan fingerprint density at radius 2 is 0.724 bits per heavy atom. The molecule has 0 radical (unpaired) electrons. The highest BCUT2D eigenvalue weighted by Crippen LogP contribution is 2.23. The lowest BCUT2D eigenvalue weighted by Gasteiger charge is -2.40. The molecule has 1 amide bonds. The van der Waals surface area contributed by atoms with Gasteiger partial charge in [-0.2, -0.15) is 0 Å². The van der Waals surface area contributed by atoms with Gasteiger partial charge in [-0.25, -0.2) is 0 Å². The van der Waals surface area contributed by atoms with Gasteiger partial charge in [-0.15, -0.1) is 0 Å². The fourth-order valence-corrected chi connectivity index (χ4v) is 10.9. The monoisotopic (exact) mass is 1210 g/mol. The molecular formula is C78H135NO8. The summed E-state index contributed by atoms with van der Waals surface area (Å²) in [5, 5.41) is 54.8. The molecule has 0 aromatic heterocycles. The highest BCUT2D eigenvalue weighted by Gasteiger charge is 2.44. The molecule has 500 valence electrons. The van der Waals surface area contributed by atoms with E-state index in [1.165, 1.54) is 199 Å². The third-order valence-electron chi connectivity index (χ3n) is 16.5. The highest BCUT2D eigenvalue weighted by atomic mass is 16.7. The third kappa shape index (κ3) is 54.1. The molecule has 0 aromatic rings. The van der Waals surface area contributed by atoms with Crippen molar-refractivity contribution in [2.45, 2.75) is 352 Å². The predicted molar refractivity (Wildman–Crippen MR) is 373 cm³/mol. The van der Waals surface area contributed by atoms with E-state index in [-0.39, 0.29) is 12.5 Å². The van der Waals surface area contributed by atoms with Gasteiger partial charge in [0.1, 0.15) is 24.4 Å². The fourth-order valence-electron chi connectivity index (χ4n) is 10.9. The summed E-state index contributed by atoms with van der Waals surface area (Å²) >= 11 is 0. The minimum atomic E-state index is -1.58. The topological polar surface area (TPSA) is 149 Å². The number of amides is 1. The summed E-state index contributed by atoms with van der Waals surface area (Å²) in [6.07, 6.45) is 91.6. The number of carbonyl (C=O) groups is 1. The summed E-state index contributed by atoms with van der Waals surface area (Å²) in [6.45, 7) is 3.68. The van der Waals surface area contributed by atoms with Gasteiger partial charge in [0, 0.05) is 6.42 Å². The molecule has 9 heteroatoms. The number of ether oxygens (including phenoxy) is 2. The van der Waals surface area contributed by atoms with E-state index < -0.39 is 49.5 Å². The van der Waals surface area contributed by atoms with Crippen LogP contribution in [-0.4, -0.2) is 87.5 Å². The van der Waals surface area contributed by atoms with E-state index in [0.717, 1.165) is 89.9 Å². The minimum Gasteiger partial charge on any atom is -0.394 e. The Hall–Kier alpha value is -3.41. The van der Waals surface area contributed by atoms with Gasteiger partial charge in [-0.05, 0) is 96.3 Å². The first-order valence-electron chi connectivity index (χ1n) is 36.3. The molecule has 1 aliphatic rings. The van der Waals surface area contributed by atoms with Crippen molar-refractivity contribution < 1.29 is 39.8 Å². The number of carbonyl (C=O) groups excluding carboxylic acids is 1. The summed E-state index contributed by atoms with van der Waals surface area (Å²) in [5.41, 5.74) is 0. The molecule has 0 aliphatic carbocycles. The van der Waals surface area contributed by atoms with Crippen LogP contribution in [0.2, 0.25) is 0 Å². The van der Waals surface area contributed by atoms with E-state index in [2.05, 4.69) is 129 Å². The standard InChI is InChI=1S/C78H135NO8/c1-3-5-7-9-11-13-15-17-19-21-23-25-27-29-30-31-32-33-34-35-36-37-38-39-40-41-42-44-46-48-50-52-54-56-58-60-62-64-66-68-74(82)79-71(70-86-78-77(85)76(84)75(83)73(69-80)87-78)72(81)67-65-63-61-59-57-55-53-51-49-47-45-43-28-26-24-22-20-18-16-14-12-10-8-6-4-2/h5,7,11,13,17,19,23,25,29-30,32-33,35-36,38-39,57,59,65,67,71-73,75-78,80-81,83-85H,3-4,6,8-10,12,14-16,18,20-22,24,26-28,31,34,37,40-56,58,60-64,66,68-70H2,1-2H3,(H,79,82)/b7-5-,13-11-,19-17-,25-23-,30-29-,33-32-,36-35-,39-38-,59-57+,67-65+. The Balaban J connectivity index is 2.14. The molecule has 9 nitrogen and oxygen atoms in total. The van der Waals surface area contributed by atoms with Crippen molar-refractivity contribution in [3.05, 3.63) is 122 Å². The lowest BCUT2D eigenvalue weighted by atomic mass is 9.99. The SMILES string of the molecule is CC/C=C\C/C=C\C/C=C\C/C=C\C/C=C\C/C=C\C/C=C\C/C=C\CCCCCCCCCCCCCCCCC(=O)NC(COC1OC(CO)C(O)C(O)C1O)C(O)/C=C/CC/C=C/CCCCCCCCCCCCCCCCCCCCC. The maximum atomic E-state index is 13.1. The normalized spacial score (nSPS) is 18.7. The van der Waals surface area contributed by atoms with E-state index in [4.69, 9.17) is 9.47 Å². The van der Waals surface area contributed by atoms with Crippen molar-refractivity contribution in [3.63, 3.8) is 0 Å². The van der Waals surface area contributed by atoms with E-state index in [9.17, 15) is 30.3 Å². The van der Waals surface area contributed by atoms with Gasteiger partial charge in [0.05, 0.1) is 25.4 Å². The molecule has 87 heavy (non-hydrogen) atoms. The minimum absolute atomic E-state index is 0.188. The second-order valence-electron chi connectivity index (χ2n) is 24.6. The third-order valence-corrected chi connectivity index (χ3v) is 16.5. The number of unbranched alkanes of at least 4 members (excludes halogenated alkanes) is 34.